The summed E-state index contributed by atoms with van der Waals surface area (Å²) in [6, 6.07) is 14.4. The molecule has 2 unspecified atom stereocenters. The number of carbonyl (C=O) groups excluding carboxylic acids is 2. The van der Waals surface area contributed by atoms with E-state index in [1.165, 1.54) is 0 Å². The van der Waals surface area contributed by atoms with Gasteiger partial charge in [0.05, 0.1) is 13.2 Å². The molecule has 5 nitrogen and oxygen atoms in total. The normalized spacial score (nSPS) is 12.8. The van der Waals surface area contributed by atoms with Crippen molar-refractivity contribution in [1.29, 1.82) is 0 Å². The smallest absolute Gasteiger partial charge is 0.251 e. The number of hydrogen-bond acceptors (Lipinski definition) is 3. The summed E-state index contributed by atoms with van der Waals surface area (Å²) < 4.78 is 5.38. The number of aryl methyl sites for hydroxylation is 1. The van der Waals surface area contributed by atoms with E-state index in [-0.39, 0.29) is 30.3 Å². The summed E-state index contributed by atoms with van der Waals surface area (Å²) >= 11 is 0. The van der Waals surface area contributed by atoms with E-state index in [0.717, 1.165) is 16.9 Å². The Hall–Kier alpha value is -2.82. The van der Waals surface area contributed by atoms with Gasteiger partial charge >= 0.3 is 0 Å². The van der Waals surface area contributed by atoms with Crippen molar-refractivity contribution in [2.45, 2.75) is 39.3 Å². The molecule has 0 spiro atoms. The summed E-state index contributed by atoms with van der Waals surface area (Å²) in [5.41, 5.74) is 2.62. The first-order valence-electron chi connectivity index (χ1n) is 8.70. The number of methoxy groups -OCH3 is 1. The van der Waals surface area contributed by atoms with Crippen LogP contribution in [0, 0.1) is 6.92 Å². The van der Waals surface area contributed by atoms with E-state index in [9.17, 15) is 9.59 Å². The van der Waals surface area contributed by atoms with Gasteiger partial charge in [-0.05, 0) is 39.0 Å². The van der Waals surface area contributed by atoms with Crippen molar-refractivity contribution in [3.05, 3.63) is 65.2 Å². The first-order valence-corrected chi connectivity index (χ1v) is 8.70. The molecule has 0 aliphatic heterocycles. The fourth-order valence-electron chi connectivity index (χ4n) is 2.80. The van der Waals surface area contributed by atoms with Gasteiger partial charge in [0.25, 0.3) is 5.91 Å². The van der Waals surface area contributed by atoms with Crippen molar-refractivity contribution < 1.29 is 14.3 Å². The summed E-state index contributed by atoms with van der Waals surface area (Å²) in [6.45, 7) is 5.74. The van der Waals surface area contributed by atoms with Crippen LogP contribution in [-0.2, 0) is 4.79 Å². The topological polar surface area (TPSA) is 67.4 Å². The lowest BCUT2D eigenvalue weighted by Crippen LogP contribution is -2.38. The number of carbonyl (C=O) groups is 2. The second kappa shape index (κ2) is 9.04. The van der Waals surface area contributed by atoms with Gasteiger partial charge in [0, 0.05) is 23.6 Å². The molecule has 2 aromatic carbocycles. The largest absolute Gasteiger partial charge is 0.496 e. The maximum Gasteiger partial charge on any atom is 0.251 e. The third kappa shape index (κ3) is 5.34. The fraction of sp³-hybridized carbons (Fsp3) is 0.333. The predicted molar refractivity (Wildman–Crippen MR) is 102 cm³/mol. The fourth-order valence-corrected chi connectivity index (χ4v) is 2.80. The van der Waals surface area contributed by atoms with E-state index >= 15 is 0 Å². The zero-order chi connectivity index (χ0) is 19.1. The Morgan fingerprint density at radius 3 is 2.38 bits per heavy atom. The van der Waals surface area contributed by atoms with E-state index in [1.807, 2.05) is 57.2 Å². The minimum absolute atomic E-state index is 0.123. The molecule has 2 rings (SSSR count). The van der Waals surface area contributed by atoms with Gasteiger partial charge in [-0.2, -0.15) is 0 Å². The van der Waals surface area contributed by atoms with Crippen LogP contribution >= 0.6 is 0 Å². The second-order valence-corrected chi connectivity index (χ2v) is 6.48. The summed E-state index contributed by atoms with van der Waals surface area (Å²) in [5.74, 6) is 0.440. The molecular formula is C21H26N2O3. The Kier molecular flexibility index (Phi) is 6.78. The van der Waals surface area contributed by atoms with Crippen LogP contribution < -0.4 is 15.4 Å². The van der Waals surface area contributed by atoms with Crippen LogP contribution in [0.4, 0.5) is 0 Å². The molecule has 0 radical (unpaired) electrons. The third-order valence-electron chi connectivity index (χ3n) is 4.13. The number of amides is 2. The minimum Gasteiger partial charge on any atom is -0.496 e. The van der Waals surface area contributed by atoms with Crippen LogP contribution in [-0.4, -0.2) is 25.0 Å². The van der Waals surface area contributed by atoms with Crippen molar-refractivity contribution in [2.75, 3.05) is 7.11 Å². The van der Waals surface area contributed by atoms with Crippen LogP contribution in [0.25, 0.3) is 0 Å². The SMILES string of the molecule is COc1ccc(C)cc1C(C)NC(=O)CC(C)NC(=O)c1ccccc1. The maximum atomic E-state index is 12.3. The molecular weight excluding hydrogens is 328 g/mol. The second-order valence-electron chi connectivity index (χ2n) is 6.48. The van der Waals surface area contributed by atoms with E-state index in [4.69, 9.17) is 4.74 Å². The molecule has 2 N–H and O–H groups in total. The first kappa shape index (κ1) is 19.5. The van der Waals surface area contributed by atoms with Gasteiger partial charge < -0.3 is 15.4 Å². The van der Waals surface area contributed by atoms with Crippen molar-refractivity contribution in [3.8, 4) is 5.75 Å². The van der Waals surface area contributed by atoms with Crippen LogP contribution in [0.5, 0.6) is 5.75 Å². The molecule has 0 heterocycles. The molecule has 0 aromatic heterocycles. The number of benzene rings is 2. The number of hydrogen-bond donors (Lipinski definition) is 2. The van der Waals surface area contributed by atoms with Crippen LogP contribution in [0.2, 0.25) is 0 Å². The van der Waals surface area contributed by atoms with Crippen molar-refractivity contribution in [3.63, 3.8) is 0 Å². The molecule has 0 aliphatic rings. The number of nitrogens with one attached hydrogen (secondary N) is 2. The third-order valence-corrected chi connectivity index (χ3v) is 4.13. The maximum absolute atomic E-state index is 12.3. The quantitative estimate of drug-likeness (QED) is 0.801. The number of ether oxygens (including phenoxy) is 1. The Labute approximate surface area is 154 Å². The van der Waals surface area contributed by atoms with E-state index in [0.29, 0.717) is 5.56 Å². The molecule has 0 aliphatic carbocycles. The summed E-state index contributed by atoms with van der Waals surface area (Å²) in [6.07, 6.45) is 0.205. The first-order chi connectivity index (χ1) is 12.4. The van der Waals surface area contributed by atoms with Crippen molar-refractivity contribution in [1.82, 2.24) is 10.6 Å². The lowest BCUT2D eigenvalue weighted by atomic mass is 10.0. The number of rotatable bonds is 7. The highest BCUT2D eigenvalue weighted by molar-refractivity contribution is 5.94. The van der Waals surface area contributed by atoms with E-state index < -0.39 is 0 Å². The Balaban J connectivity index is 1.91. The standard InChI is InChI=1S/C21H26N2O3/c1-14-10-11-19(26-4)18(12-14)16(3)23-20(24)13-15(2)22-21(25)17-8-6-5-7-9-17/h5-12,15-16H,13H2,1-4H3,(H,22,25)(H,23,24). The van der Waals surface area contributed by atoms with Crippen molar-refractivity contribution >= 4 is 11.8 Å². The molecule has 0 bridgehead atoms. The van der Waals surface area contributed by atoms with Gasteiger partial charge in [-0.25, -0.2) is 0 Å². The Morgan fingerprint density at radius 1 is 1.04 bits per heavy atom. The lowest BCUT2D eigenvalue weighted by Gasteiger charge is -2.20. The average Bonchev–Trinajstić information content (AvgIpc) is 2.62. The molecule has 26 heavy (non-hydrogen) atoms. The molecule has 2 amide bonds. The van der Waals surface area contributed by atoms with Gasteiger partial charge in [0.15, 0.2) is 0 Å². The molecule has 138 valence electrons. The highest BCUT2D eigenvalue weighted by atomic mass is 16.5. The van der Waals surface area contributed by atoms with Crippen LogP contribution in [0.3, 0.4) is 0 Å². The molecule has 5 heteroatoms. The monoisotopic (exact) mass is 354 g/mol. The van der Waals surface area contributed by atoms with E-state index in [1.54, 1.807) is 19.2 Å². The zero-order valence-electron chi connectivity index (χ0n) is 15.7. The molecule has 2 atom stereocenters. The Bertz CT molecular complexity index is 759. The molecule has 0 saturated heterocycles. The summed E-state index contributed by atoms with van der Waals surface area (Å²) in [7, 11) is 1.61. The Morgan fingerprint density at radius 2 is 1.73 bits per heavy atom. The van der Waals surface area contributed by atoms with Gasteiger partial charge in [0.2, 0.25) is 5.91 Å². The highest BCUT2D eigenvalue weighted by Gasteiger charge is 2.17. The summed E-state index contributed by atoms with van der Waals surface area (Å²) in [4.78, 5) is 24.5. The predicted octanol–water partition coefficient (Wildman–Crippen LogP) is 3.39. The lowest BCUT2D eigenvalue weighted by molar-refractivity contribution is -0.122. The minimum atomic E-state index is -0.269. The average molecular weight is 354 g/mol. The van der Waals surface area contributed by atoms with Gasteiger partial charge in [-0.15, -0.1) is 0 Å². The zero-order valence-corrected chi connectivity index (χ0v) is 15.7. The van der Waals surface area contributed by atoms with Gasteiger partial charge in [0.1, 0.15) is 5.75 Å². The van der Waals surface area contributed by atoms with Crippen molar-refractivity contribution in [2.24, 2.45) is 0 Å². The molecule has 2 aromatic rings. The van der Waals surface area contributed by atoms with E-state index in [2.05, 4.69) is 10.6 Å². The molecule has 0 saturated carbocycles. The molecule has 0 fully saturated rings. The summed E-state index contributed by atoms with van der Waals surface area (Å²) in [5, 5.41) is 5.82. The highest BCUT2D eigenvalue weighted by Crippen LogP contribution is 2.26. The van der Waals surface area contributed by atoms with Crippen LogP contribution in [0.15, 0.2) is 48.5 Å². The van der Waals surface area contributed by atoms with Gasteiger partial charge in [-0.1, -0.05) is 35.9 Å². The van der Waals surface area contributed by atoms with Gasteiger partial charge in [-0.3, -0.25) is 9.59 Å². The van der Waals surface area contributed by atoms with Crippen LogP contribution in [0.1, 0.15) is 47.8 Å².